The van der Waals surface area contributed by atoms with Crippen LogP contribution in [-0.2, 0) is 0 Å². The van der Waals surface area contributed by atoms with Gasteiger partial charge in [-0.25, -0.2) is 4.98 Å². The Balaban J connectivity index is 2.50. The molecule has 0 saturated heterocycles. The van der Waals surface area contributed by atoms with Gasteiger partial charge in [-0.1, -0.05) is 32.4 Å². The highest BCUT2D eigenvalue weighted by atomic mass is 35.5. The molecule has 0 unspecified atom stereocenters. The molecule has 0 spiro atoms. The molecule has 0 radical (unpaired) electrons. The monoisotopic (exact) mass is 212 g/mol. The molecule has 0 fully saturated rings. The predicted molar refractivity (Wildman–Crippen MR) is 61.8 cm³/mol. The first-order valence-electron chi connectivity index (χ1n) is 4.89. The van der Waals surface area contributed by atoms with Gasteiger partial charge in [-0.2, -0.15) is 0 Å². The van der Waals surface area contributed by atoms with Gasteiger partial charge in [-0.15, -0.1) is 0 Å². The lowest BCUT2D eigenvalue weighted by Gasteiger charge is -2.23. The maximum absolute atomic E-state index is 5.74. The van der Waals surface area contributed by atoms with Crippen LogP contribution in [0.1, 0.15) is 27.2 Å². The zero-order chi connectivity index (χ0) is 10.6. The summed E-state index contributed by atoms with van der Waals surface area (Å²) in [6.45, 7) is 7.58. The second-order valence-electron chi connectivity index (χ2n) is 4.23. The summed E-state index contributed by atoms with van der Waals surface area (Å²) in [4.78, 5) is 4.17. The molecule has 0 amide bonds. The van der Waals surface area contributed by atoms with Crippen LogP contribution >= 0.6 is 11.6 Å². The SMILES string of the molecule is CCC(C)(C)CNc1ccc(Cl)cn1. The lowest BCUT2D eigenvalue weighted by atomic mass is 9.90. The molecular formula is C11H17ClN2. The molecule has 0 atom stereocenters. The highest BCUT2D eigenvalue weighted by Crippen LogP contribution is 2.20. The van der Waals surface area contributed by atoms with Crippen molar-refractivity contribution in [2.75, 3.05) is 11.9 Å². The number of nitrogens with one attached hydrogen (secondary N) is 1. The van der Waals surface area contributed by atoms with Crippen LogP contribution in [0.4, 0.5) is 5.82 Å². The van der Waals surface area contributed by atoms with Crippen molar-refractivity contribution in [2.45, 2.75) is 27.2 Å². The van der Waals surface area contributed by atoms with Crippen LogP contribution in [0, 0.1) is 5.41 Å². The van der Waals surface area contributed by atoms with Gasteiger partial charge in [0.2, 0.25) is 0 Å². The van der Waals surface area contributed by atoms with E-state index >= 15 is 0 Å². The van der Waals surface area contributed by atoms with Gasteiger partial charge in [-0.3, -0.25) is 0 Å². The van der Waals surface area contributed by atoms with Crippen molar-refractivity contribution in [1.82, 2.24) is 4.98 Å². The minimum Gasteiger partial charge on any atom is -0.370 e. The summed E-state index contributed by atoms with van der Waals surface area (Å²) in [7, 11) is 0. The number of hydrogen-bond acceptors (Lipinski definition) is 2. The Morgan fingerprint density at radius 2 is 2.14 bits per heavy atom. The third-order valence-corrected chi connectivity index (χ3v) is 2.66. The molecule has 0 bridgehead atoms. The van der Waals surface area contributed by atoms with E-state index in [1.165, 1.54) is 0 Å². The fourth-order valence-electron chi connectivity index (χ4n) is 0.935. The molecule has 78 valence electrons. The summed E-state index contributed by atoms with van der Waals surface area (Å²) in [6.07, 6.45) is 2.80. The second-order valence-corrected chi connectivity index (χ2v) is 4.67. The number of hydrogen-bond donors (Lipinski definition) is 1. The van der Waals surface area contributed by atoms with Crippen molar-refractivity contribution in [3.63, 3.8) is 0 Å². The first kappa shape index (κ1) is 11.3. The van der Waals surface area contributed by atoms with Crippen LogP contribution in [0.2, 0.25) is 5.02 Å². The standard InChI is InChI=1S/C11H17ClN2/c1-4-11(2,3)8-14-10-6-5-9(12)7-13-10/h5-7H,4,8H2,1-3H3,(H,13,14). The number of rotatable bonds is 4. The molecule has 0 aromatic carbocycles. The van der Waals surface area contributed by atoms with E-state index < -0.39 is 0 Å². The van der Waals surface area contributed by atoms with E-state index in [1.807, 2.05) is 12.1 Å². The zero-order valence-electron chi connectivity index (χ0n) is 8.97. The molecule has 1 aromatic heterocycles. The summed E-state index contributed by atoms with van der Waals surface area (Å²) in [6, 6.07) is 3.74. The van der Waals surface area contributed by atoms with Gasteiger partial charge in [0, 0.05) is 12.7 Å². The average molecular weight is 213 g/mol. The highest BCUT2D eigenvalue weighted by Gasteiger charge is 2.14. The van der Waals surface area contributed by atoms with E-state index in [9.17, 15) is 0 Å². The van der Waals surface area contributed by atoms with Crippen LogP contribution in [0.25, 0.3) is 0 Å². The maximum atomic E-state index is 5.74. The van der Waals surface area contributed by atoms with Gasteiger partial charge in [0.25, 0.3) is 0 Å². The fourth-order valence-corrected chi connectivity index (χ4v) is 1.05. The van der Waals surface area contributed by atoms with Gasteiger partial charge >= 0.3 is 0 Å². The Labute approximate surface area is 90.7 Å². The largest absolute Gasteiger partial charge is 0.370 e. The van der Waals surface area contributed by atoms with Crippen LogP contribution in [0.15, 0.2) is 18.3 Å². The Bertz CT molecular complexity index is 280. The molecule has 1 rings (SSSR count). The summed E-state index contributed by atoms with van der Waals surface area (Å²) in [5.41, 5.74) is 0.307. The Morgan fingerprint density at radius 1 is 1.43 bits per heavy atom. The van der Waals surface area contributed by atoms with Crippen LogP contribution < -0.4 is 5.32 Å². The third kappa shape index (κ3) is 3.54. The topological polar surface area (TPSA) is 24.9 Å². The minimum absolute atomic E-state index is 0.307. The summed E-state index contributed by atoms with van der Waals surface area (Å²) < 4.78 is 0. The lowest BCUT2D eigenvalue weighted by molar-refractivity contribution is 0.376. The van der Waals surface area contributed by atoms with Gasteiger partial charge in [-0.05, 0) is 24.0 Å². The van der Waals surface area contributed by atoms with Gasteiger partial charge in [0.05, 0.1) is 5.02 Å². The molecular weight excluding hydrogens is 196 g/mol. The second kappa shape index (κ2) is 4.65. The van der Waals surface area contributed by atoms with Crippen molar-refractivity contribution in [3.8, 4) is 0 Å². The fraction of sp³-hybridized carbons (Fsp3) is 0.545. The smallest absolute Gasteiger partial charge is 0.126 e. The number of aromatic nitrogens is 1. The van der Waals surface area contributed by atoms with Crippen molar-refractivity contribution in [1.29, 1.82) is 0 Å². The predicted octanol–water partition coefficient (Wildman–Crippen LogP) is 3.58. The molecule has 0 aliphatic heterocycles. The van der Waals surface area contributed by atoms with Gasteiger partial charge in [0.15, 0.2) is 0 Å². The molecule has 1 heterocycles. The minimum atomic E-state index is 0.307. The molecule has 0 aliphatic rings. The zero-order valence-corrected chi connectivity index (χ0v) is 9.73. The summed E-state index contributed by atoms with van der Waals surface area (Å²) >= 11 is 5.74. The third-order valence-electron chi connectivity index (χ3n) is 2.43. The molecule has 0 saturated carbocycles. The maximum Gasteiger partial charge on any atom is 0.126 e. The first-order valence-corrected chi connectivity index (χ1v) is 5.27. The Morgan fingerprint density at radius 3 is 2.64 bits per heavy atom. The van der Waals surface area contributed by atoms with E-state index in [1.54, 1.807) is 6.20 Å². The molecule has 2 nitrogen and oxygen atoms in total. The number of pyridine rings is 1. The summed E-state index contributed by atoms with van der Waals surface area (Å²) in [5.74, 6) is 0.885. The summed E-state index contributed by atoms with van der Waals surface area (Å²) in [5, 5.41) is 3.96. The molecule has 0 aliphatic carbocycles. The first-order chi connectivity index (χ1) is 6.53. The number of nitrogens with zero attached hydrogens (tertiary/aromatic N) is 1. The molecule has 1 N–H and O–H groups in total. The van der Waals surface area contributed by atoms with E-state index in [-0.39, 0.29) is 0 Å². The molecule has 1 aromatic rings. The van der Waals surface area contributed by atoms with E-state index in [0.29, 0.717) is 10.4 Å². The van der Waals surface area contributed by atoms with Gasteiger partial charge < -0.3 is 5.32 Å². The van der Waals surface area contributed by atoms with Gasteiger partial charge in [0.1, 0.15) is 5.82 Å². The van der Waals surface area contributed by atoms with Crippen molar-refractivity contribution in [3.05, 3.63) is 23.4 Å². The quantitative estimate of drug-likeness (QED) is 0.825. The Kier molecular flexibility index (Phi) is 3.76. The molecule has 14 heavy (non-hydrogen) atoms. The number of anilines is 1. The van der Waals surface area contributed by atoms with Crippen molar-refractivity contribution < 1.29 is 0 Å². The normalized spacial score (nSPS) is 11.4. The van der Waals surface area contributed by atoms with Crippen molar-refractivity contribution >= 4 is 17.4 Å². The average Bonchev–Trinajstić information content (AvgIpc) is 2.17. The van der Waals surface area contributed by atoms with Crippen LogP contribution in [-0.4, -0.2) is 11.5 Å². The molecule has 3 heteroatoms. The highest BCUT2D eigenvalue weighted by molar-refractivity contribution is 6.30. The van der Waals surface area contributed by atoms with E-state index in [0.717, 1.165) is 18.8 Å². The van der Waals surface area contributed by atoms with E-state index in [2.05, 4.69) is 31.1 Å². The van der Waals surface area contributed by atoms with E-state index in [4.69, 9.17) is 11.6 Å². The lowest BCUT2D eigenvalue weighted by Crippen LogP contribution is -2.22. The number of halogens is 1. The van der Waals surface area contributed by atoms with Crippen LogP contribution in [0.3, 0.4) is 0 Å². The van der Waals surface area contributed by atoms with Crippen LogP contribution in [0.5, 0.6) is 0 Å². The van der Waals surface area contributed by atoms with Crippen molar-refractivity contribution in [2.24, 2.45) is 5.41 Å². The Hall–Kier alpha value is -0.760.